The van der Waals surface area contributed by atoms with Crippen LogP contribution in [0.15, 0.2) is 38.0 Å². The molecular weight excluding hydrogens is 280 g/mol. The van der Waals surface area contributed by atoms with Crippen LogP contribution in [0.5, 0.6) is 0 Å². The van der Waals surface area contributed by atoms with Crippen LogP contribution in [0.3, 0.4) is 0 Å². The molecule has 0 spiro atoms. The first kappa shape index (κ1) is 18.6. The van der Waals surface area contributed by atoms with Crippen LogP contribution in [0.4, 0.5) is 0 Å². The molecule has 0 bridgehead atoms. The molecule has 0 fully saturated rings. The van der Waals surface area contributed by atoms with Gasteiger partial charge in [0.2, 0.25) is 0 Å². The van der Waals surface area contributed by atoms with Crippen molar-refractivity contribution in [2.75, 3.05) is 26.4 Å². The van der Waals surface area contributed by atoms with Crippen molar-refractivity contribution in [3.63, 3.8) is 0 Å². The van der Waals surface area contributed by atoms with E-state index < -0.39 is 24.0 Å². The maximum absolute atomic E-state index is 11.1. The molecule has 116 valence electrons. The fourth-order valence-corrected chi connectivity index (χ4v) is 1.04. The van der Waals surface area contributed by atoms with E-state index in [1.807, 2.05) is 0 Å². The van der Waals surface area contributed by atoms with Crippen LogP contribution in [0.25, 0.3) is 0 Å². The predicted octanol–water partition coefficient (Wildman–Crippen LogP) is 0.559. The van der Waals surface area contributed by atoms with Crippen molar-refractivity contribution in [1.82, 2.24) is 0 Å². The van der Waals surface area contributed by atoms with E-state index in [0.29, 0.717) is 0 Å². The molecule has 0 aliphatic heterocycles. The Hall–Kier alpha value is -2.41. The summed E-state index contributed by atoms with van der Waals surface area (Å²) in [5, 5.41) is 0. The summed E-state index contributed by atoms with van der Waals surface area (Å²) in [4.78, 5) is 32.8. The zero-order valence-corrected chi connectivity index (χ0v) is 11.6. The van der Waals surface area contributed by atoms with Gasteiger partial charge in [0.05, 0.1) is 13.2 Å². The molecule has 0 rings (SSSR count). The van der Waals surface area contributed by atoms with Crippen LogP contribution in [-0.4, -0.2) is 50.4 Å². The van der Waals surface area contributed by atoms with Gasteiger partial charge < -0.3 is 18.9 Å². The Morgan fingerprint density at radius 2 is 1.38 bits per heavy atom. The molecule has 0 heterocycles. The Morgan fingerprint density at radius 3 is 1.95 bits per heavy atom. The van der Waals surface area contributed by atoms with Crippen molar-refractivity contribution < 1.29 is 33.3 Å². The number of hydrogen-bond donors (Lipinski definition) is 0. The summed E-state index contributed by atoms with van der Waals surface area (Å²) in [6, 6.07) is 0. The van der Waals surface area contributed by atoms with Gasteiger partial charge in [-0.2, -0.15) is 0 Å². The zero-order valence-electron chi connectivity index (χ0n) is 11.6. The van der Waals surface area contributed by atoms with E-state index in [2.05, 4.69) is 24.5 Å². The Labute approximate surface area is 122 Å². The summed E-state index contributed by atoms with van der Waals surface area (Å²) in [5.74, 6) is -1.88. The fourth-order valence-electron chi connectivity index (χ4n) is 1.04. The van der Waals surface area contributed by atoms with Crippen molar-refractivity contribution in [1.29, 1.82) is 0 Å². The molecule has 7 nitrogen and oxygen atoms in total. The molecule has 0 aliphatic rings. The molecule has 0 radical (unpaired) electrons. The average molecular weight is 298 g/mol. The van der Waals surface area contributed by atoms with E-state index in [0.717, 1.165) is 18.2 Å². The summed E-state index contributed by atoms with van der Waals surface area (Å²) >= 11 is 0. The second kappa shape index (κ2) is 11.4. The van der Waals surface area contributed by atoms with Gasteiger partial charge in [0.25, 0.3) is 0 Å². The smallest absolute Gasteiger partial charge is 0.330 e. The van der Waals surface area contributed by atoms with Gasteiger partial charge in [0.1, 0.15) is 13.2 Å². The minimum Gasteiger partial charge on any atom is -0.460 e. The minimum absolute atomic E-state index is 0.0272. The van der Waals surface area contributed by atoms with Crippen LogP contribution < -0.4 is 0 Å². The second-order valence-corrected chi connectivity index (χ2v) is 3.54. The summed E-state index contributed by atoms with van der Waals surface area (Å²) in [7, 11) is 0. The standard InChI is InChI=1S/C14H18O7/c1-4-12(15)19-8-7-18-9-11(21-14(17)6-3)10-20-13(16)5-2/h4-6,11H,1-3,7-10H2. The summed E-state index contributed by atoms with van der Waals surface area (Å²) < 4.78 is 19.5. The Balaban J connectivity index is 4.08. The topological polar surface area (TPSA) is 88.1 Å². The van der Waals surface area contributed by atoms with Crippen LogP contribution >= 0.6 is 0 Å². The van der Waals surface area contributed by atoms with Crippen molar-refractivity contribution in [3.05, 3.63) is 38.0 Å². The third-order valence-electron chi connectivity index (χ3n) is 1.97. The maximum Gasteiger partial charge on any atom is 0.330 e. The highest BCUT2D eigenvalue weighted by Crippen LogP contribution is 1.98. The van der Waals surface area contributed by atoms with E-state index in [9.17, 15) is 14.4 Å². The summed E-state index contributed by atoms with van der Waals surface area (Å²) in [6.07, 6.45) is 2.20. The lowest BCUT2D eigenvalue weighted by atomic mass is 10.4. The van der Waals surface area contributed by atoms with E-state index in [1.165, 1.54) is 0 Å². The van der Waals surface area contributed by atoms with Crippen LogP contribution in [0.2, 0.25) is 0 Å². The first-order chi connectivity index (χ1) is 10.0. The van der Waals surface area contributed by atoms with Crippen LogP contribution in [0, 0.1) is 0 Å². The molecule has 0 saturated heterocycles. The Kier molecular flexibility index (Phi) is 10.1. The van der Waals surface area contributed by atoms with Gasteiger partial charge in [-0.05, 0) is 0 Å². The lowest BCUT2D eigenvalue weighted by molar-refractivity contribution is -0.157. The van der Waals surface area contributed by atoms with E-state index in [-0.39, 0.29) is 26.4 Å². The molecule has 0 aromatic heterocycles. The minimum atomic E-state index is -0.797. The summed E-state index contributed by atoms with van der Waals surface area (Å²) in [6.45, 7) is 9.64. The first-order valence-corrected chi connectivity index (χ1v) is 6.02. The monoisotopic (exact) mass is 298 g/mol. The Morgan fingerprint density at radius 1 is 0.810 bits per heavy atom. The van der Waals surface area contributed by atoms with Gasteiger partial charge in [-0.25, -0.2) is 14.4 Å². The van der Waals surface area contributed by atoms with Gasteiger partial charge in [0.15, 0.2) is 6.10 Å². The molecule has 0 amide bonds. The largest absolute Gasteiger partial charge is 0.460 e. The first-order valence-electron chi connectivity index (χ1n) is 6.02. The molecule has 7 heteroatoms. The molecule has 21 heavy (non-hydrogen) atoms. The number of rotatable bonds is 11. The zero-order chi connectivity index (χ0) is 16.1. The molecule has 1 unspecified atom stereocenters. The lowest BCUT2D eigenvalue weighted by Crippen LogP contribution is -2.29. The highest BCUT2D eigenvalue weighted by atomic mass is 16.6. The molecule has 1 atom stereocenters. The Bertz CT molecular complexity index is 400. The number of ether oxygens (including phenoxy) is 4. The van der Waals surface area contributed by atoms with Crippen molar-refractivity contribution in [3.8, 4) is 0 Å². The fraction of sp³-hybridized carbons (Fsp3) is 0.357. The molecule has 0 aromatic carbocycles. The van der Waals surface area contributed by atoms with Gasteiger partial charge in [-0.1, -0.05) is 19.7 Å². The van der Waals surface area contributed by atoms with Gasteiger partial charge in [-0.15, -0.1) is 0 Å². The van der Waals surface area contributed by atoms with Crippen molar-refractivity contribution in [2.24, 2.45) is 0 Å². The van der Waals surface area contributed by atoms with E-state index in [4.69, 9.17) is 14.2 Å². The van der Waals surface area contributed by atoms with Crippen molar-refractivity contribution in [2.45, 2.75) is 6.10 Å². The normalized spacial score (nSPS) is 10.9. The van der Waals surface area contributed by atoms with E-state index >= 15 is 0 Å². The lowest BCUT2D eigenvalue weighted by Gasteiger charge is -2.16. The quantitative estimate of drug-likeness (QED) is 0.238. The van der Waals surface area contributed by atoms with Gasteiger partial charge >= 0.3 is 17.9 Å². The number of hydrogen-bond acceptors (Lipinski definition) is 7. The molecular formula is C14H18O7. The highest BCUT2D eigenvalue weighted by Gasteiger charge is 2.15. The van der Waals surface area contributed by atoms with Crippen LogP contribution in [-0.2, 0) is 33.3 Å². The average Bonchev–Trinajstić information content (AvgIpc) is 2.50. The third-order valence-corrected chi connectivity index (χ3v) is 1.97. The predicted molar refractivity (Wildman–Crippen MR) is 73.2 cm³/mol. The number of carbonyl (C=O) groups is 3. The second-order valence-electron chi connectivity index (χ2n) is 3.54. The molecule has 0 aliphatic carbocycles. The van der Waals surface area contributed by atoms with Crippen LogP contribution in [0.1, 0.15) is 0 Å². The summed E-state index contributed by atoms with van der Waals surface area (Å²) in [5.41, 5.74) is 0. The van der Waals surface area contributed by atoms with E-state index in [1.54, 1.807) is 0 Å². The molecule has 0 saturated carbocycles. The van der Waals surface area contributed by atoms with Gasteiger partial charge in [-0.3, -0.25) is 0 Å². The maximum atomic E-state index is 11.1. The van der Waals surface area contributed by atoms with Gasteiger partial charge in [0, 0.05) is 18.2 Å². The molecule has 0 N–H and O–H groups in total. The SMILES string of the molecule is C=CC(=O)OCCOCC(COC(=O)C=C)OC(=O)C=C. The van der Waals surface area contributed by atoms with Crippen molar-refractivity contribution >= 4 is 17.9 Å². The number of esters is 3. The molecule has 0 aromatic rings. The number of carbonyl (C=O) groups excluding carboxylic acids is 3. The highest BCUT2D eigenvalue weighted by molar-refractivity contribution is 5.82. The third kappa shape index (κ3) is 10.1.